The molecule has 0 radical (unpaired) electrons. The molecule has 1 saturated heterocycles. The Morgan fingerprint density at radius 1 is 1.14 bits per heavy atom. The van der Waals surface area contributed by atoms with Crippen molar-refractivity contribution >= 4 is 12.1 Å². The fourth-order valence-corrected chi connectivity index (χ4v) is 6.02. The normalized spacial score (nSPS) is 23.9. The second-order valence-electron chi connectivity index (χ2n) is 9.99. The molecule has 0 spiro atoms. The minimum Gasteiger partial charge on any atom is -0.507 e. The first-order valence-electron chi connectivity index (χ1n) is 12.6. The molecule has 36 heavy (non-hydrogen) atoms. The van der Waals surface area contributed by atoms with Gasteiger partial charge < -0.3 is 29.7 Å². The lowest BCUT2D eigenvalue weighted by atomic mass is 9.53. The van der Waals surface area contributed by atoms with E-state index in [0.717, 1.165) is 24.6 Å². The van der Waals surface area contributed by atoms with Crippen molar-refractivity contribution in [2.75, 3.05) is 13.3 Å². The summed E-state index contributed by atoms with van der Waals surface area (Å²) >= 11 is 0. The van der Waals surface area contributed by atoms with E-state index in [1.807, 2.05) is 6.07 Å². The van der Waals surface area contributed by atoms with Crippen LogP contribution in [0.5, 0.6) is 11.5 Å². The number of carboxylic acid groups (broad SMARTS) is 1. The van der Waals surface area contributed by atoms with E-state index in [9.17, 15) is 9.59 Å². The summed E-state index contributed by atoms with van der Waals surface area (Å²) in [5, 5.41) is 21.1. The topological polar surface area (TPSA) is 114 Å². The number of fused-ring (bicyclic) bond motifs is 1. The van der Waals surface area contributed by atoms with Crippen molar-refractivity contribution < 1.29 is 34.0 Å². The number of hydrogen-bond donors (Lipinski definition) is 3. The second kappa shape index (κ2) is 11.2. The molecule has 2 aromatic rings. The van der Waals surface area contributed by atoms with Gasteiger partial charge in [-0.15, -0.1) is 0 Å². The van der Waals surface area contributed by atoms with Gasteiger partial charge in [0.2, 0.25) is 6.79 Å². The van der Waals surface area contributed by atoms with E-state index in [4.69, 9.17) is 24.4 Å². The van der Waals surface area contributed by atoms with Crippen LogP contribution in [0.15, 0.2) is 42.5 Å². The van der Waals surface area contributed by atoms with Crippen LogP contribution >= 0.6 is 0 Å². The molecule has 1 aliphatic heterocycles. The van der Waals surface area contributed by atoms with Crippen LogP contribution in [0.1, 0.15) is 67.4 Å². The lowest BCUT2D eigenvalue weighted by Gasteiger charge is -2.56. The predicted molar refractivity (Wildman–Crippen MR) is 133 cm³/mol. The number of aromatic hydroxyl groups is 1. The number of carboxylic acids is 1. The fraction of sp³-hybridized carbons (Fsp3) is 0.500. The molecule has 194 valence electrons. The van der Waals surface area contributed by atoms with Gasteiger partial charge in [0.05, 0.1) is 6.10 Å². The number of ether oxygens (including phenoxy) is 3. The van der Waals surface area contributed by atoms with Crippen molar-refractivity contribution in [3.63, 3.8) is 0 Å². The molecule has 0 unspecified atom stereocenters. The summed E-state index contributed by atoms with van der Waals surface area (Å²) in [7, 11) is 0. The van der Waals surface area contributed by atoms with Crippen molar-refractivity contribution in [2.24, 2.45) is 5.92 Å². The van der Waals surface area contributed by atoms with E-state index < -0.39 is 12.1 Å². The van der Waals surface area contributed by atoms with Gasteiger partial charge in [-0.1, -0.05) is 31.0 Å². The number of phenols is 1. The van der Waals surface area contributed by atoms with Crippen LogP contribution in [0.25, 0.3) is 0 Å². The highest BCUT2D eigenvalue weighted by Crippen LogP contribution is 2.54. The van der Waals surface area contributed by atoms with Gasteiger partial charge in [0, 0.05) is 11.5 Å². The minimum absolute atomic E-state index is 0.0671. The Balaban J connectivity index is 0.000000256. The lowest BCUT2D eigenvalue weighted by Crippen LogP contribution is -2.59. The van der Waals surface area contributed by atoms with Crippen molar-refractivity contribution in [3.8, 4) is 11.5 Å². The molecule has 0 amide bonds. The number of carbonyl (C=O) groups is 2. The number of benzene rings is 2. The summed E-state index contributed by atoms with van der Waals surface area (Å²) in [6.07, 6.45) is 6.71. The molecule has 3 atom stereocenters. The highest BCUT2D eigenvalue weighted by molar-refractivity contribution is 5.90. The van der Waals surface area contributed by atoms with Gasteiger partial charge in [-0.3, -0.25) is 0 Å². The summed E-state index contributed by atoms with van der Waals surface area (Å²) in [6, 6.07) is 12.8. The van der Waals surface area contributed by atoms with Crippen LogP contribution in [0, 0.1) is 5.92 Å². The molecule has 2 bridgehead atoms. The molecule has 1 heterocycles. The van der Waals surface area contributed by atoms with Crippen LogP contribution in [-0.4, -0.2) is 47.8 Å². The van der Waals surface area contributed by atoms with Gasteiger partial charge >= 0.3 is 12.1 Å². The van der Waals surface area contributed by atoms with E-state index >= 15 is 0 Å². The molecule has 5 rings (SSSR count). The summed E-state index contributed by atoms with van der Waals surface area (Å²) in [5.41, 5.74) is 3.16. The Labute approximate surface area is 211 Å². The zero-order chi connectivity index (χ0) is 25.7. The number of piperidine rings is 1. The van der Waals surface area contributed by atoms with Gasteiger partial charge in [-0.05, 0) is 87.4 Å². The van der Waals surface area contributed by atoms with Gasteiger partial charge in [0.25, 0.3) is 0 Å². The molecule has 3 N–H and O–H groups in total. The summed E-state index contributed by atoms with van der Waals surface area (Å²) in [4.78, 5) is 21.7. The summed E-state index contributed by atoms with van der Waals surface area (Å²) in [6.45, 7) is 4.57. The van der Waals surface area contributed by atoms with E-state index in [1.165, 1.54) is 55.4 Å². The SMILES string of the molecule is CC(C)OC(=O)OCOc1ccc2c(c1)[C@]13CCCC[C@@H]1[C@H](C2)NCC3.O=C(O)c1ccccc1O. The van der Waals surface area contributed by atoms with E-state index in [2.05, 4.69) is 17.4 Å². The minimum atomic E-state index is -1.11. The van der Waals surface area contributed by atoms with Crippen LogP contribution < -0.4 is 10.1 Å². The predicted octanol–water partition coefficient (Wildman–Crippen LogP) is 5.02. The largest absolute Gasteiger partial charge is 0.511 e. The third kappa shape index (κ3) is 5.59. The van der Waals surface area contributed by atoms with E-state index in [1.54, 1.807) is 26.0 Å². The molecule has 8 heteroatoms. The zero-order valence-electron chi connectivity index (χ0n) is 20.9. The summed E-state index contributed by atoms with van der Waals surface area (Å²) in [5.74, 6) is 0.204. The first kappa shape index (κ1) is 25.8. The maximum absolute atomic E-state index is 11.5. The fourth-order valence-electron chi connectivity index (χ4n) is 6.02. The Bertz CT molecular complexity index is 1080. The first-order chi connectivity index (χ1) is 17.3. The number of aromatic carboxylic acids is 1. The molecular formula is C28H35NO7. The standard InChI is InChI=1S/C21H29NO4.C7H6O3/c1-14(2)26-20(23)25-13-24-16-7-6-15-11-19-17-5-3-4-8-21(17,9-10-22-19)18(15)12-16;8-6-4-2-1-3-5(6)7(9)10/h6-7,12,14,17,19,22H,3-5,8-11,13H2,1-2H3;1-4,8H,(H,9,10)/t17-,19+,21+;/m1./s1. The number of para-hydroxylation sites is 1. The van der Waals surface area contributed by atoms with Crippen LogP contribution in [0.3, 0.4) is 0 Å². The van der Waals surface area contributed by atoms with Gasteiger partial charge in [0.15, 0.2) is 0 Å². The lowest BCUT2D eigenvalue weighted by molar-refractivity contribution is -0.00836. The van der Waals surface area contributed by atoms with E-state index in [-0.39, 0.29) is 24.2 Å². The second-order valence-corrected chi connectivity index (χ2v) is 9.99. The van der Waals surface area contributed by atoms with Crippen LogP contribution in [0.2, 0.25) is 0 Å². The van der Waals surface area contributed by atoms with Gasteiger partial charge in [-0.2, -0.15) is 0 Å². The molecule has 3 aliphatic rings. The third-order valence-corrected chi connectivity index (χ3v) is 7.49. The van der Waals surface area contributed by atoms with Crippen LogP contribution in [0.4, 0.5) is 4.79 Å². The number of nitrogens with one attached hydrogen (secondary N) is 1. The molecule has 8 nitrogen and oxygen atoms in total. The van der Waals surface area contributed by atoms with Crippen molar-refractivity contribution in [2.45, 2.75) is 69.9 Å². The van der Waals surface area contributed by atoms with Gasteiger partial charge in [0.1, 0.15) is 17.1 Å². The highest BCUT2D eigenvalue weighted by Gasteiger charge is 2.51. The summed E-state index contributed by atoms with van der Waals surface area (Å²) < 4.78 is 15.6. The number of rotatable bonds is 5. The van der Waals surface area contributed by atoms with Crippen molar-refractivity contribution in [3.05, 3.63) is 59.2 Å². The highest BCUT2D eigenvalue weighted by atomic mass is 16.8. The quantitative estimate of drug-likeness (QED) is 0.390. The first-order valence-corrected chi connectivity index (χ1v) is 12.6. The smallest absolute Gasteiger partial charge is 0.507 e. The number of hydrogen-bond acceptors (Lipinski definition) is 7. The maximum atomic E-state index is 11.5. The molecule has 2 aromatic carbocycles. The Hall–Kier alpha value is -3.26. The maximum Gasteiger partial charge on any atom is 0.511 e. The zero-order valence-corrected chi connectivity index (χ0v) is 20.9. The molecule has 2 fully saturated rings. The Kier molecular flexibility index (Phi) is 8.04. The number of carbonyl (C=O) groups excluding carboxylic acids is 1. The Morgan fingerprint density at radius 3 is 2.67 bits per heavy atom. The van der Waals surface area contributed by atoms with Gasteiger partial charge in [-0.25, -0.2) is 9.59 Å². The van der Waals surface area contributed by atoms with E-state index in [0.29, 0.717) is 11.5 Å². The molecular weight excluding hydrogens is 462 g/mol. The molecule has 0 aromatic heterocycles. The average Bonchev–Trinajstić information content (AvgIpc) is 2.84. The van der Waals surface area contributed by atoms with Crippen LogP contribution in [-0.2, 0) is 21.3 Å². The third-order valence-electron chi connectivity index (χ3n) is 7.49. The Morgan fingerprint density at radius 2 is 1.94 bits per heavy atom. The average molecular weight is 498 g/mol. The molecule has 1 saturated carbocycles. The van der Waals surface area contributed by atoms with Crippen molar-refractivity contribution in [1.82, 2.24) is 5.32 Å². The monoisotopic (exact) mass is 497 g/mol. The van der Waals surface area contributed by atoms with Crippen molar-refractivity contribution in [1.29, 1.82) is 0 Å². The molecule has 2 aliphatic carbocycles.